The van der Waals surface area contributed by atoms with Gasteiger partial charge in [-0.25, -0.2) is 4.39 Å². The summed E-state index contributed by atoms with van der Waals surface area (Å²) < 4.78 is 14.3. The lowest BCUT2D eigenvalue weighted by atomic mass is 9.96. The first-order valence-electron chi connectivity index (χ1n) is 7.00. The van der Waals surface area contributed by atoms with E-state index in [1.807, 2.05) is 0 Å². The van der Waals surface area contributed by atoms with Gasteiger partial charge >= 0.3 is 0 Å². The fourth-order valence-electron chi connectivity index (χ4n) is 3.65. The zero-order valence-electron chi connectivity index (χ0n) is 11.1. The number of nitrogens with zero attached hydrogens (tertiary/aromatic N) is 1. The highest BCUT2D eigenvalue weighted by molar-refractivity contribution is 5.58. The molecule has 2 unspecified atom stereocenters. The number of para-hydroxylation sites is 1. The van der Waals surface area contributed by atoms with Crippen molar-refractivity contribution in [1.29, 1.82) is 0 Å². The van der Waals surface area contributed by atoms with Crippen LogP contribution >= 0.6 is 0 Å². The van der Waals surface area contributed by atoms with Gasteiger partial charge in [0, 0.05) is 17.6 Å². The van der Waals surface area contributed by atoms with Crippen molar-refractivity contribution in [1.82, 2.24) is 0 Å². The summed E-state index contributed by atoms with van der Waals surface area (Å²) in [5, 5.41) is 19.7. The molecule has 1 aromatic carbocycles. The van der Waals surface area contributed by atoms with E-state index in [-0.39, 0.29) is 24.0 Å². The molecule has 104 valence electrons. The molecule has 19 heavy (non-hydrogen) atoms. The minimum absolute atomic E-state index is 0.197. The first-order chi connectivity index (χ1) is 9.08. The predicted molar refractivity (Wildman–Crippen MR) is 71.6 cm³/mol. The van der Waals surface area contributed by atoms with Gasteiger partial charge in [0.05, 0.1) is 17.9 Å². The minimum atomic E-state index is -0.683. The number of aliphatic hydroxyl groups is 2. The molecule has 2 bridgehead atoms. The highest BCUT2D eigenvalue weighted by Crippen LogP contribution is 2.42. The number of anilines is 1. The first kappa shape index (κ1) is 12.9. The molecule has 2 saturated heterocycles. The van der Waals surface area contributed by atoms with E-state index < -0.39 is 6.10 Å². The average molecular weight is 265 g/mol. The Kier molecular flexibility index (Phi) is 3.23. The first-order valence-corrected chi connectivity index (χ1v) is 7.00. The second kappa shape index (κ2) is 4.76. The maximum atomic E-state index is 14.3. The second-order valence-corrected chi connectivity index (χ2v) is 5.77. The molecular weight excluding hydrogens is 245 g/mol. The lowest BCUT2D eigenvalue weighted by Gasteiger charge is -2.40. The number of piperidine rings is 1. The highest BCUT2D eigenvalue weighted by atomic mass is 19.1. The molecular formula is C15H20FNO2. The summed E-state index contributed by atoms with van der Waals surface area (Å²) in [4.78, 5) is 2.10. The smallest absolute Gasteiger partial charge is 0.146 e. The number of halogens is 1. The summed E-state index contributed by atoms with van der Waals surface area (Å²) in [5.41, 5.74) is 1.19. The van der Waals surface area contributed by atoms with Crippen LogP contribution in [0.2, 0.25) is 0 Å². The van der Waals surface area contributed by atoms with E-state index in [1.54, 1.807) is 19.1 Å². The van der Waals surface area contributed by atoms with E-state index in [1.165, 1.54) is 6.07 Å². The molecule has 0 radical (unpaired) electrons. The lowest BCUT2D eigenvalue weighted by molar-refractivity contribution is 0.125. The average Bonchev–Trinajstić information content (AvgIpc) is 2.61. The minimum Gasteiger partial charge on any atom is -0.393 e. The van der Waals surface area contributed by atoms with Crippen molar-refractivity contribution in [2.24, 2.45) is 0 Å². The van der Waals surface area contributed by atoms with Gasteiger partial charge in [-0.3, -0.25) is 0 Å². The fraction of sp³-hybridized carbons (Fsp3) is 0.600. The van der Waals surface area contributed by atoms with Crippen LogP contribution in [-0.4, -0.2) is 28.4 Å². The van der Waals surface area contributed by atoms with E-state index in [0.29, 0.717) is 24.1 Å². The van der Waals surface area contributed by atoms with Crippen LogP contribution in [-0.2, 0) is 0 Å². The van der Waals surface area contributed by atoms with E-state index in [4.69, 9.17) is 0 Å². The van der Waals surface area contributed by atoms with Crippen LogP contribution in [0.4, 0.5) is 10.1 Å². The number of hydrogen-bond donors (Lipinski definition) is 2. The van der Waals surface area contributed by atoms with Gasteiger partial charge in [0.2, 0.25) is 0 Å². The summed E-state index contributed by atoms with van der Waals surface area (Å²) in [5.74, 6) is -0.272. The number of benzene rings is 1. The van der Waals surface area contributed by atoms with Crippen molar-refractivity contribution in [3.8, 4) is 0 Å². The van der Waals surface area contributed by atoms with Gasteiger partial charge in [-0.1, -0.05) is 12.1 Å². The van der Waals surface area contributed by atoms with Crippen LogP contribution in [0.1, 0.15) is 44.3 Å². The Morgan fingerprint density at radius 1 is 1.26 bits per heavy atom. The highest BCUT2D eigenvalue weighted by Gasteiger charge is 2.42. The van der Waals surface area contributed by atoms with E-state index in [0.717, 1.165) is 12.8 Å². The van der Waals surface area contributed by atoms with Crippen molar-refractivity contribution < 1.29 is 14.6 Å². The summed E-state index contributed by atoms with van der Waals surface area (Å²) in [6.45, 7) is 1.67. The molecule has 0 aliphatic carbocycles. The molecule has 2 N–H and O–H groups in total. The van der Waals surface area contributed by atoms with Gasteiger partial charge in [-0.05, 0) is 38.7 Å². The maximum Gasteiger partial charge on any atom is 0.146 e. The van der Waals surface area contributed by atoms with Gasteiger partial charge in [0.1, 0.15) is 5.82 Å². The van der Waals surface area contributed by atoms with Crippen LogP contribution in [0.3, 0.4) is 0 Å². The zero-order valence-corrected chi connectivity index (χ0v) is 11.1. The standard InChI is InChI=1S/C15H20FNO2/c1-9(18)13-3-2-4-14(16)15(13)17-10-5-6-11(17)8-12(19)7-10/h2-4,9-12,18-19H,5-8H2,1H3/t9-,10?,11?,12?/m0/s1. The van der Waals surface area contributed by atoms with Gasteiger partial charge in [0.25, 0.3) is 0 Å². The molecule has 2 fully saturated rings. The number of hydrogen-bond acceptors (Lipinski definition) is 3. The molecule has 2 aliphatic rings. The Morgan fingerprint density at radius 3 is 2.47 bits per heavy atom. The largest absolute Gasteiger partial charge is 0.393 e. The quantitative estimate of drug-likeness (QED) is 0.863. The molecule has 0 saturated carbocycles. The van der Waals surface area contributed by atoms with Crippen LogP contribution in [0, 0.1) is 5.82 Å². The van der Waals surface area contributed by atoms with Crippen molar-refractivity contribution in [3.05, 3.63) is 29.6 Å². The molecule has 0 spiro atoms. The predicted octanol–water partition coefficient (Wildman–Crippen LogP) is 2.37. The van der Waals surface area contributed by atoms with Crippen LogP contribution < -0.4 is 4.90 Å². The lowest BCUT2D eigenvalue weighted by Crippen LogP contribution is -2.45. The number of fused-ring (bicyclic) bond motifs is 2. The monoisotopic (exact) mass is 265 g/mol. The van der Waals surface area contributed by atoms with Crippen LogP contribution in [0.25, 0.3) is 0 Å². The van der Waals surface area contributed by atoms with Crippen molar-refractivity contribution >= 4 is 5.69 Å². The Labute approximate surface area is 112 Å². The molecule has 4 heteroatoms. The molecule has 0 aromatic heterocycles. The summed E-state index contributed by atoms with van der Waals surface area (Å²) in [7, 11) is 0. The number of aliphatic hydroxyl groups excluding tert-OH is 2. The van der Waals surface area contributed by atoms with Gasteiger partial charge in [-0.15, -0.1) is 0 Å². The fourth-order valence-corrected chi connectivity index (χ4v) is 3.65. The van der Waals surface area contributed by atoms with Crippen molar-refractivity contribution in [2.45, 2.75) is 56.9 Å². The molecule has 3 atom stereocenters. The maximum absolute atomic E-state index is 14.3. The third kappa shape index (κ3) is 2.13. The molecule has 3 rings (SSSR count). The Morgan fingerprint density at radius 2 is 1.89 bits per heavy atom. The third-order valence-electron chi connectivity index (χ3n) is 4.43. The third-order valence-corrected chi connectivity index (χ3v) is 4.43. The molecule has 2 aliphatic heterocycles. The zero-order chi connectivity index (χ0) is 13.6. The molecule has 2 heterocycles. The molecule has 0 amide bonds. The summed E-state index contributed by atoms with van der Waals surface area (Å²) in [6, 6.07) is 5.27. The van der Waals surface area contributed by atoms with E-state index in [2.05, 4.69) is 4.90 Å². The van der Waals surface area contributed by atoms with Crippen molar-refractivity contribution in [3.63, 3.8) is 0 Å². The second-order valence-electron chi connectivity index (χ2n) is 5.77. The van der Waals surface area contributed by atoms with Crippen molar-refractivity contribution in [2.75, 3.05) is 4.90 Å². The summed E-state index contributed by atoms with van der Waals surface area (Å²) in [6.07, 6.45) is 2.44. The Hall–Kier alpha value is -1.13. The molecule has 3 nitrogen and oxygen atoms in total. The number of rotatable bonds is 2. The van der Waals surface area contributed by atoms with Gasteiger partial charge < -0.3 is 15.1 Å². The Balaban J connectivity index is 2.03. The molecule has 1 aromatic rings. The van der Waals surface area contributed by atoms with Crippen LogP contribution in [0.15, 0.2) is 18.2 Å². The normalized spacial score (nSPS) is 31.6. The van der Waals surface area contributed by atoms with Gasteiger partial charge in [-0.2, -0.15) is 0 Å². The van der Waals surface area contributed by atoms with Crippen LogP contribution in [0.5, 0.6) is 0 Å². The van der Waals surface area contributed by atoms with E-state index >= 15 is 0 Å². The summed E-state index contributed by atoms with van der Waals surface area (Å²) >= 11 is 0. The Bertz CT molecular complexity index is 463. The van der Waals surface area contributed by atoms with Gasteiger partial charge in [0.15, 0.2) is 0 Å². The topological polar surface area (TPSA) is 43.7 Å². The SMILES string of the molecule is C[C@H](O)c1cccc(F)c1N1C2CCC1CC(O)C2. The van der Waals surface area contributed by atoms with E-state index in [9.17, 15) is 14.6 Å².